The highest BCUT2D eigenvalue weighted by molar-refractivity contribution is 5.94. The van der Waals surface area contributed by atoms with E-state index < -0.39 is 0 Å². The van der Waals surface area contributed by atoms with E-state index in [9.17, 15) is 4.79 Å². The summed E-state index contributed by atoms with van der Waals surface area (Å²) in [5.41, 5.74) is 1.43. The molecule has 1 fully saturated rings. The van der Waals surface area contributed by atoms with Crippen LogP contribution in [0.2, 0.25) is 0 Å². The van der Waals surface area contributed by atoms with E-state index in [-0.39, 0.29) is 12.6 Å². The third-order valence-corrected chi connectivity index (χ3v) is 4.46. The van der Waals surface area contributed by atoms with E-state index in [1.54, 1.807) is 6.07 Å². The highest BCUT2D eigenvalue weighted by atomic mass is 16.7. The van der Waals surface area contributed by atoms with Crippen LogP contribution in [0.25, 0.3) is 0 Å². The van der Waals surface area contributed by atoms with Crippen LogP contribution in [0.15, 0.2) is 28.8 Å². The van der Waals surface area contributed by atoms with Gasteiger partial charge in [-0.1, -0.05) is 11.2 Å². The van der Waals surface area contributed by atoms with Crippen LogP contribution in [0.4, 0.5) is 0 Å². The molecule has 0 spiro atoms. The van der Waals surface area contributed by atoms with Crippen molar-refractivity contribution in [2.75, 3.05) is 20.0 Å². The Morgan fingerprint density at radius 2 is 2.12 bits per heavy atom. The second-order valence-corrected chi connectivity index (χ2v) is 6.23. The van der Waals surface area contributed by atoms with E-state index in [4.69, 9.17) is 18.7 Å². The molecule has 2 aliphatic heterocycles. The van der Waals surface area contributed by atoms with Crippen LogP contribution in [-0.4, -0.2) is 30.9 Å². The first-order valence-corrected chi connectivity index (χ1v) is 8.23. The van der Waals surface area contributed by atoms with Crippen LogP contribution < -0.4 is 9.47 Å². The molecule has 24 heavy (non-hydrogen) atoms. The molecule has 1 unspecified atom stereocenters. The largest absolute Gasteiger partial charge is 0.454 e. The van der Waals surface area contributed by atoms with Gasteiger partial charge < -0.3 is 18.7 Å². The number of ether oxygens (including phenoxy) is 3. The van der Waals surface area contributed by atoms with Crippen molar-refractivity contribution < 1.29 is 23.5 Å². The quantitative estimate of drug-likeness (QED) is 0.759. The monoisotopic (exact) mass is 329 g/mol. The van der Waals surface area contributed by atoms with Crippen LogP contribution in [-0.2, 0) is 11.2 Å². The minimum atomic E-state index is 0.0302. The SMILES string of the molecule is O=C(CCC1CCOC1)c1cc(Cc2ccc3c(c2)OCO3)on1. The number of rotatable bonds is 6. The highest BCUT2D eigenvalue weighted by Crippen LogP contribution is 2.33. The smallest absolute Gasteiger partial charge is 0.231 e. The van der Waals surface area contributed by atoms with Gasteiger partial charge >= 0.3 is 0 Å². The van der Waals surface area contributed by atoms with Gasteiger partial charge in [-0.05, 0) is 36.5 Å². The zero-order valence-electron chi connectivity index (χ0n) is 13.3. The molecule has 1 aromatic heterocycles. The fourth-order valence-corrected chi connectivity index (χ4v) is 3.05. The Morgan fingerprint density at radius 1 is 1.21 bits per heavy atom. The Labute approximate surface area is 139 Å². The average Bonchev–Trinajstić information content (AvgIpc) is 3.33. The second kappa shape index (κ2) is 6.65. The number of hydrogen-bond acceptors (Lipinski definition) is 6. The summed E-state index contributed by atoms with van der Waals surface area (Å²) in [5, 5.41) is 3.92. The van der Waals surface area contributed by atoms with Gasteiger partial charge in [-0.2, -0.15) is 0 Å². The van der Waals surface area contributed by atoms with Crippen molar-refractivity contribution in [2.45, 2.75) is 25.7 Å². The lowest BCUT2D eigenvalue weighted by atomic mass is 10.00. The van der Waals surface area contributed by atoms with Crippen molar-refractivity contribution in [1.82, 2.24) is 5.16 Å². The summed E-state index contributed by atoms with van der Waals surface area (Å²) in [6.07, 6.45) is 2.95. The second-order valence-electron chi connectivity index (χ2n) is 6.23. The van der Waals surface area contributed by atoms with Gasteiger partial charge in [-0.25, -0.2) is 0 Å². The van der Waals surface area contributed by atoms with Gasteiger partial charge in [0.25, 0.3) is 0 Å². The lowest BCUT2D eigenvalue weighted by molar-refractivity contribution is 0.0962. The molecule has 4 rings (SSSR count). The highest BCUT2D eigenvalue weighted by Gasteiger charge is 2.19. The van der Waals surface area contributed by atoms with Crippen molar-refractivity contribution in [3.63, 3.8) is 0 Å². The molecular weight excluding hydrogens is 310 g/mol. The molecule has 0 bridgehead atoms. The number of Topliss-reactive ketones (excluding diaryl/α,β-unsaturated/α-hetero) is 1. The number of carbonyl (C=O) groups excluding carboxylic acids is 1. The summed E-state index contributed by atoms with van der Waals surface area (Å²) in [5.74, 6) is 2.68. The van der Waals surface area contributed by atoms with Crippen LogP contribution in [0.3, 0.4) is 0 Å². The lowest BCUT2D eigenvalue weighted by Gasteiger charge is -2.04. The van der Waals surface area contributed by atoms with Crippen molar-refractivity contribution in [1.29, 1.82) is 0 Å². The van der Waals surface area contributed by atoms with Gasteiger partial charge in [0.05, 0.1) is 0 Å². The molecule has 1 aromatic carbocycles. The minimum Gasteiger partial charge on any atom is -0.454 e. The first kappa shape index (κ1) is 15.2. The van der Waals surface area contributed by atoms with Crippen molar-refractivity contribution >= 4 is 5.78 Å². The summed E-state index contributed by atoms with van der Waals surface area (Å²) in [6.45, 7) is 1.83. The molecule has 0 amide bonds. The number of nitrogens with zero attached hydrogens (tertiary/aromatic N) is 1. The van der Waals surface area contributed by atoms with E-state index in [0.29, 0.717) is 30.2 Å². The van der Waals surface area contributed by atoms with Gasteiger partial charge in [0.15, 0.2) is 17.3 Å². The molecule has 126 valence electrons. The molecule has 2 aromatic rings. The van der Waals surface area contributed by atoms with Crippen LogP contribution in [0, 0.1) is 5.92 Å². The van der Waals surface area contributed by atoms with Gasteiger partial charge in [0, 0.05) is 32.1 Å². The number of benzene rings is 1. The van der Waals surface area contributed by atoms with Crippen molar-refractivity contribution in [3.8, 4) is 11.5 Å². The fourth-order valence-electron chi connectivity index (χ4n) is 3.05. The molecule has 3 heterocycles. The summed E-state index contributed by atoms with van der Waals surface area (Å²) in [6, 6.07) is 7.49. The maximum absolute atomic E-state index is 12.2. The van der Waals surface area contributed by atoms with Crippen molar-refractivity contribution in [2.24, 2.45) is 5.92 Å². The summed E-state index contributed by atoms with van der Waals surface area (Å²) < 4.78 is 21.3. The third-order valence-electron chi connectivity index (χ3n) is 4.46. The normalized spacial score (nSPS) is 18.9. The fraction of sp³-hybridized carbons (Fsp3) is 0.444. The number of aromatic nitrogens is 1. The average molecular weight is 329 g/mol. The molecule has 0 radical (unpaired) electrons. The van der Waals surface area contributed by atoms with E-state index in [1.165, 1.54) is 0 Å². The first-order valence-electron chi connectivity index (χ1n) is 8.23. The molecule has 0 aliphatic carbocycles. The summed E-state index contributed by atoms with van der Waals surface area (Å²) in [7, 11) is 0. The van der Waals surface area contributed by atoms with Crippen molar-refractivity contribution in [3.05, 3.63) is 41.3 Å². The molecule has 1 atom stereocenters. The predicted molar refractivity (Wildman–Crippen MR) is 84.4 cm³/mol. The van der Waals surface area contributed by atoms with Gasteiger partial charge in [0.1, 0.15) is 11.5 Å². The Balaban J connectivity index is 1.36. The number of hydrogen-bond donors (Lipinski definition) is 0. The standard InChI is InChI=1S/C18H19NO5/c20-16(3-1-12-5-6-21-10-12)15-9-14(24-19-15)7-13-2-4-17-18(8-13)23-11-22-17/h2,4,8-9,12H,1,3,5-7,10-11H2. The summed E-state index contributed by atoms with van der Waals surface area (Å²) in [4.78, 5) is 12.2. The summed E-state index contributed by atoms with van der Waals surface area (Å²) >= 11 is 0. The Kier molecular flexibility index (Phi) is 4.21. The first-order chi connectivity index (χ1) is 11.8. The number of carbonyl (C=O) groups is 1. The van der Waals surface area contributed by atoms with Gasteiger partial charge in [-0.15, -0.1) is 0 Å². The molecule has 0 saturated carbocycles. The molecule has 2 aliphatic rings. The Hall–Kier alpha value is -2.34. The van der Waals surface area contributed by atoms with Gasteiger partial charge in [-0.3, -0.25) is 4.79 Å². The zero-order valence-corrected chi connectivity index (χ0v) is 13.3. The minimum absolute atomic E-state index is 0.0302. The third kappa shape index (κ3) is 3.28. The van der Waals surface area contributed by atoms with E-state index in [1.807, 2.05) is 18.2 Å². The maximum atomic E-state index is 12.2. The number of fused-ring (bicyclic) bond motifs is 1. The molecule has 0 N–H and O–H groups in total. The maximum Gasteiger partial charge on any atom is 0.231 e. The Morgan fingerprint density at radius 3 is 3.00 bits per heavy atom. The van der Waals surface area contributed by atoms with E-state index in [0.717, 1.165) is 43.1 Å². The lowest BCUT2D eigenvalue weighted by Crippen LogP contribution is -2.05. The van der Waals surface area contributed by atoms with E-state index in [2.05, 4.69) is 5.16 Å². The molecule has 1 saturated heterocycles. The topological polar surface area (TPSA) is 70.8 Å². The van der Waals surface area contributed by atoms with Gasteiger partial charge in [0.2, 0.25) is 6.79 Å². The molecular formula is C18H19NO5. The Bertz CT molecular complexity index is 733. The number of ketones is 1. The van der Waals surface area contributed by atoms with Crippen LogP contribution in [0.1, 0.15) is 41.1 Å². The molecule has 6 nitrogen and oxygen atoms in total. The molecule has 6 heteroatoms. The van der Waals surface area contributed by atoms with Crippen LogP contribution in [0.5, 0.6) is 11.5 Å². The predicted octanol–water partition coefficient (Wildman–Crippen LogP) is 2.99. The zero-order chi connectivity index (χ0) is 16.4. The van der Waals surface area contributed by atoms with E-state index >= 15 is 0 Å². The van der Waals surface area contributed by atoms with Crippen LogP contribution >= 0.6 is 0 Å².